The fourth-order valence-corrected chi connectivity index (χ4v) is 4.19. The minimum absolute atomic E-state index is 2.00. The predicted octanol–water partition coefficient (Wildman–Crippen LogP) is 4.81. The Balaban J connectivity index is 2.66. The molecule has 0 atom stereocenters. The number of halogens is 18. The van der Waals surface area contributed by atoms with E-state index in [1.54, 1.807) is 0 Å². The van der Waals surface area contributed by atoms with Crippen LogP contribution in [0.2, 0.25) is 0 Å². The van der Waals surface area contributed by atoms with Crippen LogP contribution in [0.25, 0.3) is 0 Å². The van der Waals surface area contributed by atoms with Crippen molar-refractivity contribution in [2.24, 2.45) is 0 Å². The van der Waals surface area contributed by atoms with Crippen molar-refractivity contribution in [1.29, 1.82) is 0 Å². The van der Waals surface area contributed by atoms with Crippen LogP contribution in [0.5, 0.6) is 0 Å². The van der Waals surface area contributed by atoms with E-state index < -0.39 is 70.3 Å². The smallest absolute Gasteiger partial charge is 0.432 e. The van der Waals surface area contributed by atoms with Gasteiger partial charge in [0.15, 0.2) is 0 Å². The molecule has 0 amide bonds. The summed E-state index contributed by atoms with van der Waals surface area (Å²) in [7, 11) is 0. The molecule has 0 aliphatic heterocycles. The number of carbonyl (C=O) groups excluding carboxylic acids is 1. The van der Waals surface area contributed by atoms with E-state index in [0.717, 1.165) is 0 Å². The summed E-state index contributed by atoms with van der Waals surface area (Å²) in [6.45, 7) is 0. The maximum atomic E-state index is 14.5. The van der Waals surface area contributed by atoms with Crippen molar-refractivity contribution in [2.75, 3.05) is 0 Å². The van der Waals surface area contributed by atoms with Gasteiger partial charge in [-0.15, -0.1) is 0 Å². The maximum Gasteiger partial charge on any atom is 0.490 e. The molecule has 186 valence electrons. The summed E-state index contributed by atoms with van der Waals surface area (Å²) >= 11 is 0. The molecule has 0 aromatic heterocycles. The van der Waals surface area contributed by atoms with Crippen LogP contribution < -0.4 is 0 Å². The Morgan fingerprint density at radius 1 is 0.469 bits per heavy atom. The highest BCUT2D eigenvalue weighted by atomic mass is 19.4. The van der Waals surface area contributed by atoms with Crippen molar-refractivity contribution >= 4 is 5.97 Å². The zero-order chi connectivity index (χ0) is 25.8. The van der Waals surface area contributed by atoms with Gasteiger partial charge in [-0.1, -0.05) is 0 Å². The number of esters is 1. The molecule has 0 unspecified atom stereocenters. The Bertz CT molecular complexity index is 787. The van der Waals surface area contributed by atoms with Gasteiger partial charge in [-0.2, -0.15) is 65.9 Å². The normalized spacial score (nSPS) is 46.1. The average Bonchev–Trinajstić information content (AvgIpc) is 2.58. The van der Waals surface area contributed by atoms with Gasteiger partial charge in [0.05, 0.1) is 0 Å². The molecular weight excluding hydrogens is 518 g/mol. The van der Waals surface area contributed by atoms with Crippen LogP contribution in [0, 0.1) is 0 Å². The maximum absolute atomic E-state index is 14.5. The highest BCUT2D eigenvalue weighted by Gasteiger charge is 3.24. The minimum Gasteiger partial charge on any atom is -0.432 e. The van der Waals surface area contributed by atoms with Crippen LogP contribution in [-0.4, -0.2) is 70.3 Å². The average molecular weight is 518 g/mol. The van der Waals surface area contributed by atoms with Gasteiger partial charge in [-0.05, 0) is 0 Å². The Kier molecular flexibility index (Phi) is 3.88. The first kappa shape index (κ1) is 24.8. The quantitative estimate of drug-likeness (QED) is 0.368. The number of hydrogen-bond acceptors (Lipinski definition) is 2. The van der Waals surface area contributed by atoms with E-state index in [1.165, 1.54) is 0 Å². The Morgan fingerprint density at radius 2 is 0.688 bits per heavy atom. The van der Waals surface area contributed by atoms with Crippen LogP contribution >= 0.6 is 0 Å². The van der Waals surface area contributed by atoms with Crippen LogP contribution in [0.1, 0.15) is 0 Å². The molecule has 2 nitrogen and oxygen atoms in total. The van der Waals surface area contributed by atoms with Crippen molar-refractivity contribution in [3.63, 3.8) is 0 Å². The second-order valence-electron chi connectivity index (χ2n) is 6.99. The van der Waals surface area contributed by atoms with Crippen molar-refractivity contribution in [1.82, 2.24) is 0 Å². The fraction of sp³-hybridized carbons (Fsp3) is 0.917. The first-order chi connectivity index (χ1) is 13.6. The summed E-state index contributed by atoms with van der Waals surface area (Å²) in [5.74, 6) is -54.0. The molecule has 0 aromatic rings. The Morgan fingerprint density at radius 3 is 0.875 bits per heavy atom. The number of rotatable bonds is 1. The number of alkyl halides is 18. The topological polar surface area (TPSA) is 26.3 Å². The van der Waals surface area contributed by atoms with Crippen molar-refractivity contribution in [2.45, 2.75) is 64.3 Å². The molecule has 0 heterocycles. The number of hydrogen-bond donors (Lipinski definition) is 0. The summed E-state index contributed by atoms with van der Waals surface area (Å²) in [5, 5.41) is 0. The second kappa shape index (κ2) is 5.00. The van der Waals surface area contributed by atoms with Gasteiger partial charge in [0, 0.05) is 0 Å². The zero-order valence-corrected chi connectivity index (χ0v) is 13.6. The molecule has 0 aromatic carbocycles. The summed E-state index contributed by atoms with van der Waals surface area (Å²) in [6, 6.07) is 0. The van der Waals surface area contributed by atoms with E-state index in [9.17, 15) is 83.8 Å². The molecular formula is C12F18O2. The lowest BCUT2D eigenvalue weighted by molar-refractivity contribution is -0.615. The van der Waals surface area contributed by atoms with Gasteiger partial charge in [-0.25, -0.2) is 18.0 Å². The fourth-order valence-electron chi connectivity index (χ4n) is 4.19. The van der Waals surface area contributed by atoms with Gasteiger partial charge < -0.3 is 4.74 Å². The van der Waals surface area contributed by atoms with Crippen LogP contribution in [0.4, 0.5) is 79.0 Å². The summed E-state index contributed by atoms with van der Waals surface area (Å²) in [6.07, 6.45) is -6.98. The molecule has 0 spiro atoms. The largest absolute Gasteiger partial charge is 0.490 e. The molecule has 4 aliphatic rings. The van der Waals surface area contributed by atoms with Gasteiger partial charge in [0.25, 0.3) is 0 Å². The highest BCUT2D eigenvalue weighted by Crippen LogP contribution is 2.88. The van der Waals surface area contributed by atoms with Crippen molar-refractivity contribution in [3.8, 4) is 0 Å². The van der Waals surface area contributed by atoms with Gasteiger partial charge in [-0.3, -0.25) is 0 Å². The van der Waals surface area contributed by atoms with Crippen molar-refractivity contribution in [3.05, 3.63) is 0 Å². The first-order valence-electron chi connectivity index (χ1n) is 7.26. The molecule has 4 rings (SSSR count). The van der Waals surface area contributed by atoms with Gasteiger partial charge >= 0.3 is 70.3 Å². The molecule has 4 bridgehead atoms. The molecule has 20 heteroatoms. The second-order valence-corrected chi connectivity index (χ2v) is 6.99. The lowest BCUT2D eigenvalue weighted by atomic mass is 9.40. The molecule has 4 aliphatic carbocycles. The van der Waals surface area contributed by atoms with Gasteiger partial charge in [0.1, 0.15) is 0 Å². The van der Waals surface area contributed by atoms with E-state index in [2.05, 4.69) is 0 Å². The van der Waals surface area contributed by atoms with E-state index >= 15 is 0 Å². The third kappa shape index (κ3) is 1.52. The van der Waals surface area contributed by atoms with Crippen molar-refractivity contribution < 1.29 is 88.6 Å². The number of ether oxygens (including phenoxy) is 1. The van der Waals surface area contributed by atoms with Crippen LogP contribution in [0.15, 0.2) is 0 Å². The monoisotopic (exact) mass is 518 g/mol. The standard InChI is InChI=1S/C12F18O2/c13-2(14,15)1(31)32-6-10(25,26)3(16)7(19,20)4(17,11(6,27)28)9(23,24)5(18,8(3,21)22)12(6,29)30. The van der Waals surface area contributed by atoms with E-state index in [-0.39, 0.29) is 0 Å². The lowest BCUT2D eigenvalue weighted by Gasteiger charge is -2.74. The predicted molar refractivity (Wildman–Crippen MR) is 56.1 cm³/mol. The van der Waals surface area contributed by atoms with E-state index in [0.29, 0.717) is 0 Å². The summed E-state index contributed by atoms with van der Waals surface area (Å²) in [5.41, 5.74) is -32.3. The lowest BCUT2D eigenvalue weighted by Crippen LogP contribution is -3.10. The van der Waals surface area contributed by atoms with E-state index in [1.807, 2.05) is 4.74 Å². The molecule has 0 N–H and O–H groups in total. The highest BCUT2D eigenvalue weighted by molar-refractivity contribution is 5.77. The molecule has 32 heavy (non-hydrogen) atoms. The third-order valence-corrected chi connectivity index (χ3v) is 5.70. The Labute approximate surface area is 160 Å². The number of carbonyl (C=O) groups is 1. The first-order valence-corrected chi connectivity index (χ1v) is 7.26. The molecule has 0 radical (unpaired) electrons. The molecule has 0 saturated heterocycles. The Hall–Kier alpha value is -1.79. The van der Waals surface area contributed by atoms with Crippen LogP contribution in [0.3, 0.4) is 0 Å². The third-order valence-electron chi connectivity index (χ3n) is 5.70. The van der Waals surface area contributed by atoms with E-state index in [4.69, 9.17) is 0 Å². The minimum atomic E-state index is -8.23. The van der Waals surface area contributed by atoms with Crippen LogP contribution in [-0.2, 0) is 9.53 Å². The van der Waals surface area contributed by atoms with Gasteiger partial charge in [0.2, 0.25) is 0 Å². The molecule has 4 fully saturated rings. The molecule has 4 saturated carbocycles. The zero-order valence-electron chi connectivity index (χ0n) is 13.6. The summed E-state index contributed by atoms with van der Waals surface area (Å²) < 4.78 is 252. The summed E-state index contributed by atoms with van der Waals surface area (Å²) in [4.78, 5) is 10.7. The SMILES string of the molecule is O=C(OC12C(F)(F)C3(F)C(F)(F)C(F)(C(F)(F)C(F)(C3(F)F)C1(F)F)C2(F)F)C(F)(F)F.